The number of carbonyl (C=O) groups is 1. The Labute approximate surface area is 140 Å². The van der Waals surface area contributed by atoms with E-state index in [0.717, 1.165) is 50.5 Å². The van der Waals surface area contributed by atoms with Gasteiger partial charge in [-0.25, -0.2) is 13.6 Å². The van der Waals surface area contributed by atoms with Gasteiger partial charge in [0.15, 0.2) is 0 Å². The van der Waals surface area contributed by atoms with E-state index in [9.17, 15) is 13.2 Å². The van der Waals surface area contributed by atoms with Crippen molar-refractivity contribution in [2.75, 3.05) is 39.3 Å². The number of thiophene rings is 1. The van der Waals surface area contributed by atoms with E-state index in [4.69, 9.17) is 5.14 Å². The molecule has 0 saturated carbocycles. The first-order valence-corrected chi connectivity index (χ1v) is 9.22. The highest BCUT2D eigenvalue weighted by atomic mass is 35.5. The number of piperazine rings is 1. The Balaban J connectivity index is 0.00000242. The number of amides is 1. The van der Waals surface area contributed by atoms with E-state index in [1.807, 2.05) is 0 Å². The lowest BCUT2D eigenvalue weighted by atomic mass is 10.3. The van der Waals surface area contributed by atoms with Crippen LogP contribution >= 0.6 is 23.7 Å². The molecule has 1 aliphatic rings. The molecule has 1 amide bonds. The summed E-state index contributed by atoms with van der Waals surface area (Å²) in [7, 11) is -3.73. The van der Waals surface area contributed by atoms with Gasteiger partial charge in [0.05, 0.1) is 5.56 Å². The lowest BCUT2D eigenvalue weighted by molar-refractivity contribution is 0.0951. The zero-order chi connectivity index (χ0) is 15.3. The average Bonchev–Trinajstić information content (AvgIpc) is 2.94. The first kappa shape index (κ1) is 19.3. The summed E-state index contributed by atoms with van der Waals surface area (Å²) in [5.41, 5.74) is 0.339. The summed E-state index contributed by atoms with van der Waals surface area (Å²) >= 11 is 0.958. The van der Waals surface area contributed by atoms with Gasteiger partial charge in [0.25, 0.3) is 5.91 Å². The topological polar surface area (TPSA) is 105 Å². The van der Waals surface area contributed by atoms with Crippen LogP contribution in [0.1, 0.15) is 16.8 Å². The molecule has 1 fully saturated rings. The molecule has 1 aliphatic heterocycles. The Kier molecular flexibility index (Phi) is 7.74. The molecular weight excluding hydrogens is 348 g/mol. The fourth-order valence-electron chi connectivity index (χ4n) is 2.13. The van der Waals surface area contributed by atoms with E-state index in [2.05, 4.69) is 15.5 Å². The van der Waals surface area contributed by atoms with Crippen LogP contribution in [0, 0.1) is 0 Å². The van der Waals surface area contributed by atoms with Crippen LogP contribution in [0.4, 0.5) is 0 Å². The van der Waals surface area contributed by atoms with Gasteiger partial charge in [0, 0.05) is 38.1 Å². The van der Waals surface area contributed by atoms with Crippen molar-refractivity contribution in [3.63, 3.8) is 0 Å². The third kappa shape index (κ3) is 5.82. The number of rotatable bonds is 6. The highest BCUT2D eigenvalue weighted by Gasteiger charge is 2.15. The maximum atomic E-state index is 11.9. The summed E-state index contributed by atoms with van der Waals surface area (Å²) in [5.74, 6) is -0.263. The molecule has 22 heavy (non-hydrogen) atoms. The number of halogens is 1. The van der Waals surface area contributed by atoms with E-state index >= 15 is 0 Å². The number of nitrogens with two attached hydrogens (primary N) is 1. The molecule has 0 radical (unpaired) electrons. The molecule has 1 aromatic heterocycles. The predicted molar refractivity (Wildman–Crippen MR) is 89.2 cm³/mol. The van der Waals surface area contributed by atoms with E-state index in [0.29, 0.717) is 12.1 Å². The maximum Gasteiger partial charge on any atom is 0.252 e. The molecule has 4 N–H and O–H groups in total. The van der Waals surface area contributed by atoms with E-state index in [1.165, 1.54) is 11.4 Å². The van der Waals surface area contributed by atoms with Crippen molar-refractivity contribution < 1.29 is 13.2 Å². The van der Waals surface area contributed by atoms with Crippen molar-refractivity contribution in [1.82, 2.24) is 15.5 Å². The van der Waals surface area contributed by atoms with Gasteiger partial charge in [0.2, 0.25) is 10.0 Å². The van der Waals surface area contributed by atoms with Crippen LogP contribution in [-0.4, -0.2) is 58.5 Å². The lowest BCUT2D eigenvalue weighted by Crippen LogP contribution is -2.44. The SMILES string of the molecule is Cl.NS(=O)(=O)c1cc(C(=O)NCCCN2CCNCC2)cs1. The Bertz CT molecular complexity index is 585. The van der Waals surface area contributed by atoms with Crippen LogP contribution in [0.25, 0.3) is 0 Å². The Morgan fingerprint density at radius 3 is 2.68 bits per heavy atom. The van der Waals surface area contributed by atoms with Crippen LogP contribution in [0.2, 0.25) is 0 Å². The first-order valence-electron chi connectivity index (χ1n) is 6.79. The Morgan fingerprint density at radius 1 is 1.41 bits per heavy atom. The van der Waals surface area contributed by atoms with Crippen molar-refractivity contribution >= 4 is 39.7 Å². The van der Waals surface area contributed by atoms with Gasteiger partial charge in [-0.15, -0.1) is 23.7 Å². The third-order valence-corrected chi connectivity index (χ3v) is 5.65. The number of primary sulfonamides is 1. The van der Waals surface area contributed by atoms with Crippen LogP contribution in [0.15, 0.2) is 15.7 Å². The molecule has 0 spiro atoms. The number of hydrogen-bond acceptors (Lipinski definition) is 6. The van der Waals surface area contributed by atoms with Crippen LogP contribution in [0.3, 0.4) is 0 Å². The molecule has 0 bridgehead atoms. The second-order valence-corrected chi connectivity index (χ2v) is 7.60. The molecule has 2 heterocycles. The molecule has 0 atom stereocenters. The molecule has 0 aliphatic carbocycles. The number of nitrogens with zero attached hydrogens (tertiary/aromatic N) is 1. The quantitative estimate of drug-likeness (QED) is 0.605. The molecule has 0 unspecified atom stereocenters. The monoisotopic (exact) mass is 368 g/mol. The van der Waals surface area contributed by atoms with Gasteiger partial charge >= 0.3 is 0 Å². The van der Waals surface area contributed by atoms with Crippen molar-refractivity contribution in [2.24, 2.45) is 5.14 Å². The van der Waals surface area contributed by atoms with E-state index in [-0.39, 0.29) is 22.5 Å². The summed E-state index contributed by atoms with van der Waals surface area (Å²) in [6.45, 7) is 5.62. The minimum atomic E-state index is -3.73. The van der Waals surface area contributed by atoms with E-state index < -0.39 is 10.0 Å². The van der Waals surface area contributed by atoms with Gasteiger partial charge in [-0.1, -0.05) is 0 Å². The molecule has 1 saturated heterocycles. The Morgan fingerprint density at radius 2 is 2.09 bits per heavy atom. The lowest BCUT2D eigenvalue weighted by Gasteiger charge is -2.27. The zero-order valence-electron chi connectivity index (χ0n) is 12.1. The van der Waals surface area contributed by atoms with Crippen molar-refractivity contribution in [1.29, 1.82) is 0 Å². The summed E-state index contributed by atoms with van der Waals surface area (Å²) in [6, 6.07) is 1.31. The maximum absolute atomic E-state index is 11.9. The molecule has 2 rings (SSSR count). The normalized spacial score (nSPS) is 16.0. The zero-order valence-corrected chi connectivity index (χ0v) is 14.5. The van der Waals surface area contributed by atoms with Gasteiger partial charge in [0.1, 0.15) is 4.21 Å². The summed E-state index contributed by atoms with van der Waals surface area (Å²) in [6.07, 6.45) is 0.873. The molecule has 1 aromatic rings. The van der Waals surface area contributed by atoms with Crippen LogP contribution in [0.5, 0.6) is 0 Å². The second-order valence-electron chi connectivity index (χ2n) is 4.90. The summed E-state index contributed by atoms with van der Waals surface area (Å²) in [5, 5.41) is 12.6. The van der Waals surface area contributed by atoms with Crippen LogP contribution in [-0.2, 0) is 10.0 Å². The number of carbonyl (C=O) groups excluding carboxylic acids is 1. The Hall–Kier alpha value is -0.710. The fourth-order valence-corrected chi connectivity index (χ4v) is 3.71. The molecule has 0 aromatic carbocycles. The third-order valence-electron chi connectivity index (χ3n) is 3.26. The van der Waals surface area contributed by atoms with Gasteiger partial charge in [-0.3, -0.25) is 4.79 Å². The number of hydrogen-bond donors (Lipinski definition) is 3. The number of nitrogens with one attached hydrogen (secondary N) is 2. The molecular formula is C12H21ClN4O3S2. The van der Waals surface area contributed by atoms with Gasteiger partial charge in [-0.05, 0) is 19.0 Å². The fraction of sp³-hybridized carbons (Fsp3) is 0.583. The first-order chi connectivity index (χ1) is 9.97. The van der Waals surface area contributed by atoms with Crippen molar-refractivity contribution in [3.8, 4) is 0 Å². The van der Waals surface area contributed by atoms with Crippen molar-refractivity contribution in [2.45, 2.75) is 10.6 Å². The average molecular weight is 369 g/mol. The van der Waals surface area contributed by atoms with E-state index in [1.54, 1.807) is 0 Å². The van der Waals surface area contributed by atoms with Crippen molar-refractivity contribution in [3.05, 3.63) is 17.0 Å². The molecule has 7 nitrogen and oxygen atoms in total. The summed E-state index contributed by atoms with van der Waals surface area (Å²) in [4.78, 5) is 14.2. The highest BCUT2D eigenvalue weighted by molar-refractivity contribution is 7.91. The van der Waals surface area contributed by atoms with Gasteiger partial charge < -0.3 is 15.5 Å². The second kappa shape index (κ2) is 8.80. The standard InChI is InChI=1S/C12H20N4O3S2.ClH/c13-21(18,19)11-8-10(9-20-11)12(17)15-2-1-5-16-6-3-14-4-7-16;/h8-9,14H,1-7H2,(H,15,17)(H2,13,18,19);1H. The number of sulfonamides is 1. The predicted octanol–water partition coefficient (Wildman–Crippen LogP) is -0.158. The largest absolute Gasteiger partial charge is 0.352 e. The minimum absolute atomic E-state index is 0. The van der Waals surface area contributed by atoms with Crippen LogP contribution < -0.4 is 15.8 Å². The smallest absolute Gasteiger partial charge is 0.252 e. The molecule has 10 heteroatoms. The highest BCUT2D eigenvalue weighted by Crippen LogP contribution is 2.18. The minimum Gasteiger partial charge on any atom is -0.352 e. The van der Waals surface area contributed by atoms with Gasteiger partial charge in [-0.2, -0.15) is 0 Å². The summed E-state index contributed by atoms with van der Waals surface area (Å²) < 4.78 is 22.3. The molecule has 126 valence electrons.